The van der Waals surface area contributed by atoms with E-state index in [1.54, 1.807) is 11.3 Å². The lowest BCUT2D eigenvalue weighted by Gasteiger charge is -2.42. The molecule has 0 radical (unpaired) electrons. The summed E-state index contributed by atoms with van der Waals surface area (Å²) in [4.78, 5) is 1.35. The van der Waals surface area contributed by atoms with Crippen molar-refractivity contribution in [2.24, 2.45) is 0 Å². The minimum absolute atomic E-state index is 0.185. The third-order valence-electron chi connectivity index (χ3n) is 3.55. The van der Waals surface area contributed by atoms with E-state index < -0.39 is 0 Å². The molecule has 0 bridgehead atoms. The largest absolute Gasteiger partial charge is 0.369 e. The van der Waals surface area contributed by atoms with Crippen molar-refractivity contribution in [1.29, 1.82) is 0 Å². The van der Waals surface area contributed by atoms with E-state index in [9.17, 15) is 0 Å². The maximum Gasteiger partial charge on any atom is 0.0816 e. The number of hydrogen-bond donors (Lipinski definition) is 1. The third kappa shape index (κ3) is 3.80. The molecule has 0 aliphatic heterocycles. The quantitative estimate of drug-likeness (QED) is 0.715. The molecule has 1 heterocycles. The summed E-state index contributed by atoms with van der Waals surface area (Å²) in [6, 6.07) is 4.26. The molecular weight excluding hydrogens is 230 g/mol. The molecule has 1 N–H and O–H groups in total. The fourth-order valence-corrected chi connectivity index (χ4v) is 2.89. The maximum absolute atomic E-state index is 6.16. The van der Waals surface area contributed by atoms with Gasteiger partial charge in [0.05, 0.1) is 12.2 Å². The molecule has 0 unspecified atom stereocenters. The molecule has 1 aliphatic carbocycles. The van der Waals surface area contributed by atoms with Gasteiger partial charge in [-0.05, 0) is 56.6 Å². The van der Waals surface area contributed by atoms with Crippen molar-refractivity contribution in [2.75, 3.05) is 13.1 Å². The topological polar surface area (TPSA) is 21.3 Å². The Morgan fingerprint density at radius 1 is 1.41 bits per heavy atom. The van der Waals surface area contributed by atoms with E-state index >= 15 is 0 Å². The fourth-order valence-electron chi connectivity index (χ4n) is 2.27. The minimum Gasteiger partial charge on any atom is -0.369 e. The Labute approximate surface area is 108 Å². The third-order valence-corrected chi connectivity index (χ3v) is 4.40. The molecule has 0 saturated heterocycles. The molecule has 0 amide bonds. The predicted octanol–water partition coefficient (Wildman–Crippen LogP) is 3.58. The van der Waals surface area contributed by atoms with Gasteiger partial charge in [-0.15, -0.1) is 11.3 Å². The van der Waals surface area contributed by atoms with Crippen LogP contribution in [-0.4, -0.2) is 18.7 Å². The molecule has 17 heavy (non-hydrogen) atoms. The van der Waals surface area contributed by atoms with Gasteiger partial charge in [-0.3, -0.25) is 0 Å². The van der Waals surface area contributed by atoms with Crippen molar-refractivity contribution in [3.63, 3.8) is 0 Å². The van der Waals surface area contributed by atoms with E-state index in [0.717, 1.165) is 19.7 Å². The standard InChI is InChI=1S/C14H23NOS/c1-2-9-15-10-8-14(6-4-7-14)16-12-13-5-3-11-17-13/h3,5,11,15H,2,4,6-10,12H2,1H3. The Kier molecular flexibility index (Phi) is 5.01. The zero-order valence-electron chi connectivity index (χ0n) is 10.7. The lowest BCUT2D eigenvalue weighted by Crippen LogP contribution is -2.42. The first-order valence-corrected chi connectivity index (χ1v) is 7.60. The first-order valence-electron chi connectivity index (χ1n) is 6.72. The van der Waals surface area contributed by atoms with Crippen LogP contribution in [0.3, 0.4) is 0 Å². The zero-order chi connectivity index (χ0) is 12.0. The van der Waals surface area contributed by atoms with Crippen LogP contribution < -0.4 is 5.32 Å². The van der Waals surface area contributed by atoms with Gasteiger partial charge < -0.3 is 10.1 Å². The summed E-state index contributed by atoms with van der Waals surface area (Å²) in [5, 5.41) is 5.59. The number of ether oxygens (including phenoxy) is 1. The van der Waals surface area contributed by atoms with E-state index in [4.69, 9.17) is 4.74 Å². The van der Waals surface area contributed by atoms with Gasteiger partial charge in [0.25, 0.3) is 0 Å². The summed E-state index contributed by atoms with van der Waals surface area (Å²) in [7, 11) is 0. The van der Waals surface area contributed by atoms with Gasteiger partial charge in [0.15, 0.2) is 0 Å². The molecule has 1 fully saturated rings. The van der Waals surface area contributed by atoms with Crippen molar-refractivity contribution >= 4 is 11.3 Å². The Morgan fingerprint density at radius 3 is 2.88 bits per heavy atom. The van der Waals surface area contributed by atoms with E-state index in [0.29, 0.717) is 0 Å². The van der Waals surface area contributed by atoms with Crippen LogP contribution in [0.2, 0.25) is 0 Å². The number of nitrogens with one attached hydrogen (secondary N) is 1. The maximum atomic E-state index is 6.16. The lowest BCUT2D eigenvalue weighted by atomic mass is 9.77. The SMILES string of the molecule is CCCNCCC1(OCc2cccs2)CCC1. The molecule has 1 aliphatic rings. The molecule has 1 aromatic rings. The number of rotatable bonds is 8. The molecule has 2 rings (SSSR count). The van der Waals surface area contributed by atoms with Gasteiger partial charge in [-0.2, -0.15) is 0 Å². The highest BCUT2D eigenvalue weighted by atomic mass is 32.1. The lowest BCUT2D eigenvalue weighted by molar-refractivity contribution is -0.113. The average Bonchev–Trinajstić information content (AvgIpc) is 2.79. The van der Waals surface area contributed by atoms with Gasteiger partial charge in [0, 0.05) is 4.88 Å². The highest BCUT2D eigenvalue weighted by Gasteiger charge is 2.37. The Morgan fingerprint density at radius 2 is 2.29 bits per heavy atom. The van der Waals surface area contributed by atoms with E-state index in [1.165, 1.54) is 37.0 Å². The van der Waals surface area contributed by atoms with Crippen LogP contribution in [0.1, 0.15) is 43.9 Å². The molecule has 0 atom stereocenters. The van der Waals surface area contributed by atoms with Crippen LogP contribution in [0.15, 0.2) is 17.5 Å². The predicted molar refractivity (Wildman–Crippen MR) is 73.5 cm³/mol. The highest BCUT2D eigenvalue weighted by molar-refractivity contribution is 7.09. The van der Waals surface area contributed by atoms with Crippen molar-refractivity contribution in [2.45, 2.75) is 51.2 Å². The second kappa shape index (κ2) is 6.53. The van der Waals surface area contributed by atoms with Gasteiger partial charge in [0.1, 0.15) is 0 Å². The summed E-state index contributed by atoms with van der Waals surface area (Å²) >= 11 is 1.79. The second-order valence-electron chi connectivity index (χ2n) is 4.90. The Hall–Kier alpha value is -0.380. The Balaban J connectivity index is 1.71. The zero-order valence-corrected chi connectivity index (χ0v) is 11.5. The van der Waals surface area contributed by atoms with E-state index in [1.807, 2.05) is 0 Å². The van der Waals surface area contributed by atoms with Crippen LogP contribution in [0.25, 0.3) is 0 Å². The molecule has 1 aromatic heterocycles. The van der Waals surface area contributed by atoms with Crippen LogP contribution >= 0.6 is 11.3 Å². The number of thiophene rings is 1. The molecule has 0 aromatic carbocycles. The van der Waals surface area contributed by atoms with E-state index in [-0.39, 0.29) is 5.60 Å². The van der Waals surface area contributed by atoms with Crippen LogP contribution in [0.5, 0.6) is 0 Å². The van der Waals surface area contributed by atoms with Gasteiger partial charge in [0.2, 0.25) is 0 Å². The monoisotopic (exact) mass is 253 g/mol. The normalized spacial score (nSPS) is 17.9. The van der Waals surface area contributed by atoms with Gasteiger partial charge in [-0.25, -0.2) is 0 Å². The summed E-state index contributed by atoms with van der Waals surface area (Å²) in [5.74, 6) is 0. The first kappa shape index (κ1) is 13.1. The molecule has 2 nitrogen and oxygen atoms in total. The van der Waals surface area contributed by atoms with Gasteiger partial charge in [-0.1, -0.05) is 13.0 Å². The second-order valence-corrected chi connectivity index (χ2v) is 5.94. The van der Waals surface area contributed by atoms with Crippen LogP contribution in [-0.2, 0) is 11.3 Å². The summed E-state index contributed by atoms with van der Waals surface area (Å²) in [5.41, 5.74) is 0.185. The summed E-state index contributed by atoms with van der Waals surface area (Å²) < 4.78 is 6.16. The molecule has 0 spiro atoms. The van der Waals surface area contributed by atoms with Gasteiger partial charge >= 0.3 is 0 Å². The highest BCUT2D eigenvalue weighted by Crippen LogP contribution is 2.39. The molecule has 96 valence electrons. The first-order chi connectivity index (χ1) is 8.35. The van der Waals surface area contributed by atoms with Crippen molar-refractivity contribution in [1.82, 2.24) is 5.32 Å². The Bertz CT molecular complexity index is 306. The van der Waals surface area contributed by atoms with E-state index in [2.05, 4.69) is 29.8 Å². The minimum atomic E-state index is 0.185. The van der Waals surface area contributed by atoms with Crippen LogP contribution in [0, 0.1) is 0 Å². The smallest absolute Gasteiger partial charge is 0.0816 e. The summed E-state index contributed by atoms with van der Waals surface area (Å²) in [6.07, 6.45) is 6.19. The number of hydrogen-bond acceptors (Lipinski definition) is 3. The van der Waals surface area contributed by atoms with Crippen molar-refractivity contribution < 1.29 is 4.74 Å². The molecule has 3 heteroatoms. The molecule has 1 saturated carbocycles. The molecular formula is C14H23NOS. The fraction of sp³-hybridized carbons (Fsp3) is 0.714. The van der Waals surface area contributed by atoms with Crippen LogP contribution in [0.4, 0.5) is 0 Å². The van der Waals surface area contributed by atoms with Crippen molar-refractivity contribution in [3.05, 3.63) is 22.4 Å². The van der Waals surface area contributed by atoms with Crippen molar-refractivity contribution in [3.8, 4) is 0 Å². The summed E-state index contributed by atoms with van der Waals surface area (Å²) in [6.45, 7) is 5.23. The average molecular weight is 253 g/mol.